The Balaban J connectivity index is 2.44. The molecule has 0 bridgehead atoms. The number of nitro groups is 1. The van der Waals surface area contributed by atoms with Crippen molar-refractivity contribution in [3.05, 3.63) is 34.1 Å². The number of nitro benzene ring substituents is 1. The molecule has 2 aromatic rings. The van der Waals surface area contributed by atoms with E-state index >= 15 is 0 Å². The number of rotatable bonds is 2. The van der Waals surface area contributed by atoms with E-state index in [4.69, 9.17) is 0 Å². The lowest BCUT2D eigenvalue weighted by atomic mass is 10.2. The van der Waals surface area contributed by atoms with Gasteiger partial charge in [-0.25, -0.2) is 0 Å². The molecule has 0 aliphatic carbocycles. The number of phenolic OH excluding ortho intramolecular Hbond substituents is 1. The highest BCUT2D eigenvalue weighted by Crippen LogP contribution is 2.29. The maximum absolute atomic E-state index is 10.5. The second-order valence-electron chi connectivity index (χ2n) is 3.23. The van der Waals surface area contributed by atoms with Crippen LogP contribution in [-0.4, -0.2) is 30.4 Å². The van der Waals surface area contributed by atoms with Crippen LogP contribution < -0.4 is 0 Å². The van der Waals surface area contributed by atoms with Gasteiger partial charge in [0.05, 0.1) is 4.92 Å². The van der Waals surface area contributed by atoms with Crippen molar-refractivity contribution in [1.82, 2.24) is 20.4 Å². The summed E-state index contributed by atoms with van der Waals surface area (Å²) in [4.78, 5) is 9.83. The van der Waals surface area contributed by atoms with Crippen LogP contribution in [0, 0.1) is 17.0 Å². The Morgan fingerprint density at radius 3 is 2.41 bits per heavy atom. The Morgan fingerprint density at radius 2 is 1.88 bits per heavy atom. The summed E-state index contributed by atoms with van der Waals surface area (Å²) in [7, 11) is 0. The lowest BCUT2D eigenvalue weighted by Gasteiger charge is -2.00. The number of aryl methyl sites for hydroxylation is 1. The topological polar surface area (TPSA) is 115 Å². The van der Waals surface area contributed by atoms with E-state index in [0.29, 0.717) is 11.4 Å². The van der Waals surface area contributed by atoms with Crippen LogP contribution in [0.15, 0.2) is 18.2 Å². The van der Waals surface area contributed by atoms with Crippen LogP contribution >= 0.6 is 0 Å². The van der Waals surface area contributed by atoms with E-state index in [1.807, 2.05) is 0 Å². The molecule has 1 heterocycles. The fourth-order valence-corrected chi connectivity index (χ4v) is 1.21. The molecule has 0 aliphatic heterocycles. The molecule has 0 atom stereocenters. The number of benzene rings is 1. The first-order valence-electron chi connectivity index (χ1n) is 4.59. The van der Waals surface area contributed by atoms with Gasteiger partial charge in [-0.2, -0.15) is 0 Å². The maximum atomic E-state index is 10.5. The highest BCUT2D eigenvalue weighted by Gasteiger charge is 2.14. The van der Waals surface area contributed by atoms with Crippen molar-refractivity contribution in [2.24, 2.45) is 0 Å². The maximum Gasteiger partial charge on any atom is 0.310 e. The largest absolute Gasteiger partial charge is 0.502 e. The molecule has 8 heteroatoms. The first kappa shape index (κ1) is 10.9. The van der Waals surface area contributed by atoms with Crippen LogP contribution in [0.1, 0.15) is 5.82 Å². The monoisotopic (exact) mass is 233 g/mol. The molecule has 0 saturated heterocycles. The van der Waals surface area contributed by atoms with E-state index in [-0.39, 0.29) is 11.5 Å². The zero-order valence-corrected chi connectivity index (χ0v) is 8.73. The summed E-state index contributed by atoms with van der Waals surface area (Å²) >= 11 is 0. The van der Waals surface area contributed by atoms with Crippen molar-refractivity contribution in [2.75, 3.05) is 0 Å². The summed E-state index contributed by atoms with van der Waals surface area (Å²) in [6.07, 6.45) is 0. The number of hydrogen-bond donors (Lipinski definition) is 1. The van der Waals surface area contributed by atoms with Gasteiger partial charge < -0.3 is 5.11 Å². The van der Waals surface area contributed by atoms with Gasteiger partial charge in [-0.05, 0) is 19.1 Å². The minimum Gasteiger partial charge on any atom is -0.502 e. The zero-order chi connectivity index (χ0) is 12.4. The third-order valence-electron chi connectivity index (χ3n) is 2.01. The normalized spacial score (nSPS) is 10.2. The minimum absolute atomic E-state index is 0.195. The third-order valence-corrected chi connectivity index (χ3v) is 2.01. The lowest BCUT2D eigenvalue weighted by molar-refractivity contribution is -0.385. The Kier molecular flexibility index (Phi) is 2.61. The average molecular weight is 233 g/mol. The van der Waals surface area contributed by atoms with Crippen LogP contribution in [0.4, 0.5) is 5.69 Å². The fraction of sp³-hybridized carbons (Fsp3) is 0.111. The second-order valence-corrected chi connectivity index (χ2v) is 3.23. The van der Waals surface area contributed by atoms with Crippen molar-refractivity contribution < 1.29 is 10.0 Å². The van der Waals surface area contributed by atoms with E-state index in [1.54, 1.807) is 6.92 Å². The van der Waals surface area contributed by atoms with Gasteiger partial charge in [0, 0.05) is 11.6 Å². The van der Waals surface area contributed by atoms with Gasteiger partial charge in [0.25, 0.3) is 0 Å². The molecular weight excluding hydrogens is 226 g/mol. The molecule has 0 amide bonds. The smallest absolute Gasteiger partial charge is 0.310 e. The quantitative estimate of drug-likeness (QED) is 0.603. The van der Waals surface area contributed by atoms with Gasteiger partial charge in [0.15, 0.2) is 11.6 Å². The lowest BCUT2D eigenvalue weighted by Crippen LogP contribution is -1.98. The molecule has 1 N–H and O–H groups in total. The molecule has 0 spiro atoms. The van der Waals surface area contributed by atoms with Crippen LogP contribution in [0.2, 0.25) is 0 Å². The Hall–Kier alpha value is -2.64. The first-order valence-corrected chi connectivity index (χ1v) is 4.59. The van der Waals surface area contributed by atoms with E-state index in [0.717, 1.165) is 0 Å². The van der Waals surface area contributed by atoms with E-state index in [9.17, 15) is 15.2 Å². The van der Waals surface area contributed by atoms with Crippen molar-refractivity contribution in [3.63, 3.8) is 0 Å². The summed E-state index contributed by atoms with van der Waals surface area (Å²) in [5.74, 6) is 0.164. The fourth-order valence-electron chi connectivity index (χ4n) is 1.21. The molecule has 0 saturated carbocycles. The van der Waals surface area contributed by atoms with E-state index < -0.39 is 10.7 Å². The predicted octanol–water partition coefficient (Wildman–Crippen LogP) is 0.856. The van der Waals surface area contributed by atoms with Gasteiger partial charge in [-0.1, -0.05) is 0 Å². The van der Waals surface area contributed by atoms with Gasteiger partial charge in [-0.15, -0.1) is 20.4 Å². The molecule has 0 radical (unpaired) electrons. The molecule has 1 aromatic carbocycles. The molecule has 86 valence electrons. The van der Waals surface area contributed by atoms with Crippen LogP contribution in [0.3, 0.4) is 0 Å². The molecular formula is C9H7N5O3. The Labute approximate surface area is 95.1 Å². The van der Waals surface area contributed by atoms with Crippen LogP contribution in [0.25, 0.3) is 11.4 Å². The van der Waals surface area contributed by atoms with Crippen molar-refractivity contribution in [2.45, 2.75) is 6.92 Å². The number of phenols is 1. The van der Waals surface area contributed by atoms with Gasteiger partial charge in [-0.3, -0.25) is 10.1 Å². The second kappa shape index (κ2) is 4.08. The molecule has 2 rings (SSSR count). The number of nitrogens with zero attached hydrogens (tertiary/aromatic N) is 5. The highest BCUT2D eigenvalue weighted by atomic mass is 16.6. The third kappa shape index (κ3) is 2.14. The minimum atomic E-state index is -0.675. The molecule has 0 unspecified atom stereocenters. The summed E-state index contributed by atoms with van der Waals surface area (Å²) in [5, 5.41) is 34.9. The van der Waals surface area contributed by atoms with Gasteiger partial charge >= 0.3 is 5.69 Å². The first-order chi connectivity index (χ1) is 8.08. The molecule has 0 aliphatic rings. The van der Waals surface area contributed by atoms with Crippen LogP contribution in [-0.2, 0) is 0 Å². The average Bonchev–Trinajstić information content (AvgIpc) is 2.29. The molecule has 8 nitrogen and oxygen atoms in total. The zero-order valence-electron chi connectivity index (χ0n) is 8.73. The standard InChI is InChI=1S/C9H7N5O3/c1-5-10-12-9(13-11-5)6-2-3-7(14(16)17)8(15)4-6/h2-4,15H,1H3. The summed E-state index contributed by atoms with van der Waals surface area (Å²) in [6, 6.07) is 3.80. The number of aromatic nitrogens is 4. The Bertz CT molecular complexity index is 569. The van der Waals surface area contributed by atoms with Crippen molar-refractivity contribution >= 4 is 5.69 Å². The molecule has 17 heavy (non-hydrogen) atoms. The highest BCUT2D eigenvalue weighted by molar-refractivity contribution is 5.61. The summed E-state index contributed by atoms with van der Waals surface area (Å²) in [5.41, 5.74) is 0.0369. The summed E-state index contributed by atoms with van der Waals surface area (Å²) < 4.78 is 0. The molecule has 0 fully saturated rings. The summed E-state index contributed by atoms with van der Waals surface area (Å²) in [6.45, 7) is 1.64. The van der Waals surface area contributed by atoms with E-state index in [1.165, 1.54) is 18.2 Å². The van der Waals surface area contributed by atoms with Gasteiger partial charge in [0.1, 0.15) is 0 Å². The van der Waals surface area contributed by atoms with Gasteiger partial charge in [0.2, 0.25) is 5.82 Å². The molecule has 1 aromatic heterocycles. The van der Waals surface area contributed by atoms with Crippen molar-refractivity contribution in [3.8, 4) is 17.1 Å². The van der Waals surface area contributed by atoms with Crippen LogP contribution in [0.5, 0.6) is 5.75 Å². The van der Waals surface area contributed by atoms with Crippen molar-refractivity contribution in [1.29, 1.82) is 0 Å². The van der Waals surface area contributed by atoms with E-state index in [2.05, 4.69) is 20.4 Å². The SMILES string of the molecule is Cc1nnc(-c2ccc([N+](=O)[O-])c(O)c2)nn1. The Morgan fingerprint density at radius 1 is 1.24 bits per heavy atom. The predicted molar refractivity (Wildman–Crippen MR) is 56.1 cm³/mol. The number of hydrogen-bond acceptors (Lipinski definition) is 7. The number of aromatic hydroxyl groups is 1.